The zero-order chi connectivity index (χ0) is 21.8. The summed E-state index contributed by atoms with van der Waals surface area (Å²) in [7, 11) is 1.55. The molecule has 0 aliphatic heterocycles. The SMILES string of the molecule is CCOc1ccc(CN(C(=O)c2cc3ncccn3n2)c2ccc(OC)c(Cl)c2)cc1. The third kappa shape index (κ3) is 4.46. The van der Waals surface area contributed by atoms with Gasteiger partial charge in [0.15, 0.2) is 11.3 Å². The van der Waals surface area contributed by atoms with Crippen LogP contribution in [-0.2, 0) is 6.54 Å². The molecule has 1 amide bonds. The van der Waals surface area contributed by atoms with Gasteiger partial charge in [-0.25, -0.2) is 9.50 Å². The molecule has 4 rings (SSSR count). The van der Waals surface area contributed by atoms with Crippen LogP contribution in [0.25, 0.3) is 5.65 Å². The summed E-state index contributed by atoms with van der Waals surface area (Å²) in [6.07, 6.45) is 3.41. The molecule has 0 unspecified atom stereocenters. The van der Waals surface area contributed by atoms with Gasteiger partial charge < -0.3 is 14.4 Å². The van der Waals surface area contributed by atoms with Gasteiger partial charge in [0.05, 0.1) is 25.3 Å². The smallest absolute Gasteiger partial charge is 0.279 e. The van der Waals surface area contributed by atoms with Crippen LogP contribution in [0.15, 0.2) is 67.0 Å². The van der Waals surface area contributed by atoms with Crippen LogP contribution in [0.3, 0.4) is 0 Å². The molecular formula is C23H21ClN4O3. The summed E-state index contributed by atoms with van der Waals surface area (Å²) in [5, 5.41) is 4.80. The van der Waals surface area contributed by atoms with E-state index < -0.39 is 0 Å². The average molecular weight is 437 g/mol. The molecule has 0 fully saturated rings. The van der Waals surface area contributed by atoms with Crippen LogP contribution in [0.1, 0.15) is 23.0 Å². The molecule has 31 heavy (non-hydrogen) atoms. The van der Waals surface area contributed by atoms with E-state index in [0.717, 1.165) is 11.3 Å². The van der Waals surface area contributed by atoms with E-state index in [1.807, 2.05) is 31.2 Å². The van der Waals surface area contributed by atoms with Crippen LogP contribution in [0.4, 0.5) is 5.69 Å². The zero-order valence-electron chi connectivity index (χ0n) is 17.2. The van der Waals surface area contributed by atoms with E-state index in [1.54, 1.807) is 59.3 Å². The van der Waals surface area contributed by atoms with E-state index in [1.165, 1.54) is 0 Å². The molecule has 0 aliphatic rings. The van der Waals surface area contributed by atoms with Gasteiger partial charge in [0.25, 0.3) is 5.91 Å². The lowest BCUT2D eigenvalue weighted by Crippen LogP contribution is -2.30. The Hall–Kier alpha value is -3.58. The van der Waals surface area contributed by atoms with Crippen molar-refractivity contribution in [3.05, 3.63) is 83.3 Å². The van der Waals surface area contributed by atoms with E-state index in [9.17, 15) is 4.79 Å². The van der Waals surface area contributed by atoms with Crippen LogP contribution >= 0.6 is 11.6 Å². The quantitative estimate of drug-likeness (QED) is 0.422. The first kappa shape index (κ1) is 20.7. The Morgan fingerprint density at radius 3 is 2.65 bits per heavy atom. The fourth-order valence-electron chi connectivity index (χ4n) is 3.22. The number of methoxy groups -OCH3 is 1. The number of hydrogen-bond donors (Lipinski definition) is 0. The molecule has 2 heterocycles. The van der Waals surface area contributed by atoms with Gasteiger partial charge in [0, 0.05) is 24.1 Å². The largest absolute Gasteiger partial charge is 0.495 e. The third-order valence-electron chi connectivity index (χ3n) is 4.72. The Bertz CT molecular complexity index is 1170. The Morgan fingerprint density at radius 1 is 1.16 bits per heavy atom. The summed E-state index contributed by atoms with van der Waals surface area (Å²) < 4.78 is 12.3. The Labute approximate surface area is 184 Å². The molecule has 4 aromatic rings. The molecular weight excluding hydrogens is 416 g/mol. The van der Waals surface area contributed by atoms with Crippen molar-refractivity contribution in [3.8, 4) is 11.5 Å². The molecule has 0 N–H and O–H groups in total. The van der Waals surface area contributed by atoms with Crippen LogP contribution in [-0.4, -0.2) is 34.2 Å². The van der Waals surface area contributed by atoms with Crippen molar-refractivity contribution in [2.75, 3.05) is 18.6 Å². The number of benzene rings is 2. The van der Waals surface area contributed by atoms with Crippen molar-refractivity contribution in [3.63, 3.8) is 0 Å². The maximum atomic E-state index is 13.5. The normalized spacial score (nSPS) is 10.8. The number of hydrogen-bond acceptors (Lipinski definition) is 5. The molecule has 0 atom stereocenters. The Morgan fingerprint density at radius 2 is 1.97 bits per heavy atom. The fraction of sp³-hybridized carbons (Fsp3) is 0.174. The van der Waals surface area contributed by atoms with Gasteiger partial charge in [-0.05, 0) is 48.9 Å². The van der Waals surface area contributed by atoms with Gasteiger partial charge in [0.1, 0.15) is 11.5 Å². The molecule has 0 aliphatic carbocycles. The van der Waals surface area contributed by atoms with E-state index in [4.69, 9.17) is 21.1 Å². The number of carbonyl (C=O) groups excluding carboxylic acids is 1. The van der Waals surface area contributed by atoms with E-state index >= 15 is 0 Å². The summed E-state index contributed by atoms with van der Waals surface area (Å²) >= 11 is 6.34. The first-order valence-electron chi connectivity index (χ1n) is 9.76. The fourth-order valence-corrected chi connectivity index (χ4v) is 3.47. The number of anilines is 1. The second-order valence-electron chi connectivity index (χ2n) is 6.74. The lowest BCUT2D eigenvalue weighted by molar-refractivity contribution is 0.0980. The zero-order valence-corrected chi connectivity index (χ0v) is 17.9. The van der Waals surface area contributed by atoms with Gasteiger partial charge in [-0.15, -0.1) is 0 Å². The molecule has 0 bridgehead atoms. The standard InChI is InChI=1S/C23H21ClN4O3/c1-3-31-18-8-5-16(6-9-18)15-27(17-7-10-21(30-2)19(24)13-17)23(29)20-14-22-25-11-4-12-28(22)26-20/h4-14H,3,15H2,1-2H3. The van der Waals surface area contributed by atoms with Crippen LogP contribution in [0.5, 0.6) is 11.5 Å². The van der Waals surface area contributed by atoms with Crippen LogP contribution in [0, 0.1) is 0 Å². The predicted octanol–water partition coefficient (Wildman–Crippen LogP) is 4.64. The summed E-state index contributed by atoms with van der Waals surface area (Å²) in [4.78, 5) is 19.3. The van der Waals surface area contributed by atoms with Crippen molar-refractivity contribution in [2.45, 2.75) is 13.5 Å². The molecule has 0 saturated heterocycles. The van der Waals surface area contributed by atoms with Crippen molar-refractivity contribution >= 4 is 28.8 Å². The number of ether oxygens (including phenoxy) is 2. The first-order valence-corrected chi connectivity index (χ1v) is 10.1. The summed E-state index contributed by atoms with van der Waals surface area (Å²) in [6.45, 7) is 2.86. The number of carbonyl (C=O) groups is 1. The molecule has 7 nitrogen and oxygen atoms in total. The Kier molecular flexibility index (Phi) is 6.04. The summed E-state index contributed by atoms with van der Waals surface area (Å²) in [5.74, 6) is 1.06. The van der Waals surface area contributed by atoms with E-state index in [0.29, 0.717) is 35.3 Å². The monoisotopic (exact) mass is 436 g/mol. The highest BCUT2D eigenvalue weighted by molar-refractivity contribution is 6.32. The lowest BCUT2D eigenvalue weighted by Gasteiger charge is -2.23. The topological polar surface area (TPSA) is 69.0 Å². The van der Waals surface area contributed by atoms with Crippen LogP contribution < -0.4 is 14.4 Å². The van der Waals surface area contributed by atoms with E-state index in [-0.39, 0.29) is 11.6 Å². The highest BCUT2D eigenvalue weighted by Gasteiger charge is 2.22. The average Bonchev–Trinajstić information content (AvgIpc) is 3.23. The third-order valence-corrected chi connectivity index (χ3v) is 5.02. The van der Waals surface area contributed by atoms with Gasteiger partial charge in [-0.1, -0.05) is 23.7 Å². The maximum Gasteiger partial charge on any atom is 0.279 e. The number of halogens is 1. The number of nitrogens with zero attached hydrogens (tertiary/aromatic N) is 4. The molecule has 0 saturated carbocycles. The molecule has 8 heteroatoms. The van der Waals surface area contributed by atoms with Crippen molar-refractivity contribution in [1.82, 2.24) is 14.6 Å². The highest BCUT2D eigenvalue weighted by Crippen LogP contribution is 2.31. The predicted molar refractivity (Wildman–Crippen MR) is 119 cm³/mol. The molecule has 2 aromatic carbocycles. The minimum Gasteiger partial charge on any atom is -0.495 e. The summed E-state index contributed by atoms with van der Waals surface area (Å²) in [6, 6.07) is 16.3. The number of amides is 1. The minimum absolute atomic E-state index is 0.263. The van der Waals surface area contributed by atoms with Gasteiger partial charge >= 0.3 is 0 Å². The Balaban J connectivity index is 1.70. The number of fused-ring (bicyclic) bond motifs is 1. The van der Waals surface area contributed by atoms with Crippen molar-refractivity contribution in [2.24, 2.45) is 0 Å². The first-order chi connectivity index (χ1) is 15.1. The highest BCUT2D eigenvalue weighted by atomic mass is 35.5. The maximum absolute atomic E-state index is 13.5. The summed E-state index contributed by atoms with van der Waals surface area (Å²) in [5.41, 5.74) is 2.46. The number of rotatable bonds is 7. The van der Waals surface area contributed by atoms with Crippen molar-refractivity contribution < 1.29 is 14.3 Å². The molecule has 158 valence electrons. The molecule has 2 aromatic heterocycles. The second kappa shape index (κ2) is 9.06. The number of aromatic nitrogens is 3. The van der Waals surface area contributed by atoms with Gasteiger partial charge in [0.2, 0.25) is 0 Å². The van der Waals surface area contributed by atoms with Crippen molar-refractivity contribution in [1.29, 1.82) is 0 Å². The molecule has 0 spiro atoms. The van der Waals surface area contributed by atoms with Gasteiger partial charge in [-0.2, -0.15) is 5.10 Å². The van der Waals surface area contributed by atoms with Gasteiger partial charge in [-0.3, -0.25) is 4.79 Å². The van der Waals surface area contributed by atoms with Crippen LogP contribution in [0.2, 0.25) is 5.02 Å². The lowest BCUT2D eigenvalue weighted by atomic mass is 10.1. The van der Waals surface area contributed by atoms with E-state index in [2.05, 4.69) is 10.1 Å². The second-order valence-corrected chi connectivity index (χ2v) is 7.15. The molecule has 0 radical (unpaired) electrons. The minimum atomic E-state index is -0.263.